The molecule has 5 heteroatoms. The fraction of sp³-hybridized carbons (Fsp3) is 0.333. The van der Waals surface area contributed by atoms with Crippen molar-refractivity contribution in [2.75, 3.05) is 0 Å². The molecule has 5 nitrogen and oxygen atoms in total. The number of rotatable bonds is 3. The van der Waals surface area contributed by atoms with E-state index in [1.165, 1.54) is 5.56 Å². The molecule has 118 valence electrons. The summed E-state index contributed by atoms with van der Waals surface area (Å²) >= 11 is 0. The quantitative estimate of drug-likeness (QED) is 0.778. The van der Waals surface area contributed by atoms with E-state index in [-0.39, 0.29) is 0 Å². The van der Waals surface area contributed by atoms with Crippen molar-refractivity contribution in [1.29, 1.82) is 0 Å². The van der Waals surface area contributed by atoms with Gasteiger partial charge in [0.05, 0.1) is 11.3 Å². The van der Waals surface area contributed by atoms with Gasteiger partial charge in [0.15, 0.2) is 0 Å². The van der Waals surface area contributed by atoms with E-state index < -0.39 is 5.97 Å². The average molecular weight is 309 g/mol. The summed E-state index contributed by atoms with van der Waals surface area (Å²) in [4.78, 5) is 11.7. The second-order valence-corrected chi connectivity index (χ2v) is 6.60. The Morgan fingerprint density at radius 1 is 1.39 bits per heavy atom. The molecule has 2 N–H and O–H groups in total. The minimum absolute atomic E-state index is 0.389. The summed E-state index contributed by atoms with van der Waals surface area (Å²) in [6, 6.07) is 5.55. The minimum Gasteiger partial charge on any atom is -0.478 e. The van der Waals surface area contributed by atoms with Crippen molar-refractivity contribution in [3.8, 4) is 11.4 Å². The van der Waals surface area contributed by atoms with Crippen molar-refractivity contribution in [1.82, 2.24) is 14.8 Å². The molecule has 0 bridgehead atoms. The third-order valence-corrected chi connectivity index (χ3v) is 4.56. The number of aromatic nitrogens is 3. The van der Waals surface area contributed by atoms with Gasteiger partial charge in [0.2, 0.25) is 0 Å². The van der Waals surface area contributed by atoms with Gasteiger partial charge in [-0.25, -0.2) is 4.79 Å². The maximum absolute atomic E-state index is 11.7. The molecule has 1 aliphatic carbocycles. The van der Waals surface area contributed by atoms with E-state index in [1.807, 2.05) is 18.3 Å². The molecule has 0 atom stereocenters. The molecule has 4 rings (SSSR count). The van der Waals surface area contributed by atoms with Crippen molar-refractivity contribution in [2.45, 2.75) is 33.2 Å². The van der Waals surface area contributed by atoms with Crippen LogP contribution in [0.5, 0.6) is 0 Å². The fourth-order valence-corrected chi connectivity index (χ4v) is 3.70. The second kappa shape index (κ2) is 4.98. The highest BCUT2D eigenvalue weighted by molar-refractivity contribution is 6.07. The van der Waals surface area contributed by atoms with Crippen molar-refractivity contribution in [3.05, 3.63) is 41.1 Å². The van der Waals surface area contributed by atoms with Gasteiger partial charge < -0.3 is 9.67 Å². The van der Waals surface area contributed by atoms with Crippen LogP contribution in [0.3, 0.4) is 0 Å². The van der Waals surface area contributed by atoms with E-state index >= 15 is 0 Å². The van der Waals surface area contributed by atoms with E-state index in [9.17, 15) is 9.90 Å². The summed E-state index contributed by atoms with van der Waals surface area (Å²) in [7, 11) is 0. The molecular formula is C18H19N3O2. The lowest BCUT2D eigenvalue weighted by molar-refractivity contribution is 0.0699. The van der Waals surface area contributed by atoms with Crippen LogP contribution in [0.2, 0.25) is 0 Å². The third kappa shape index (κ3) is 2.00. The summed E-state index contributed by atoms with van der Waals surface area (Å²) in [5.41, 5.74) is 5.78. The number of benzene rings is 1. The van der Waals surface area contributed by atoms with Gasteiger partial charge in [0, 0.05) is 23.6 Å². The van der Waals surface area contributed by atoms with Crippen LogP contribution in [0.4, 0.5) is 0 Å². The number of nitrogens with one attached hydrogen (secondary N) is 1. The molecule has 0 radical (unpaired) electrons. The normalized spacial score (nSPS) is 13.3. The molecule has 0 unspecified atom stereocenters. The topological polar surface area (TPSA) is 70.9 Å². The molecule has 2 aromatic heterocycles. The summed E-state index contributed by atoms with van der Waals surface area (Å²) in [5.74, 6) is -0.402. The zero-order chi connectivity index (χ0) is 16.1. The molecule has 2 heterocycles. The van der Waals surface area contributed by atoms with Gasteiger partial charge in [-0.3, -0.25) is 5.10 Å². The number of aromatic carboxylic acids is 1. The van der Waals surface area contributed by atoms with Crippen LogP contribution in [-0.4, -0.2) is 25.8 Å². The number of carbonyl (C=O) groups is 1. The lowest BCUT2D eigenvalue weighted by atomic mass is 9.92. The first-order valence-electron chi connectivity index (χ1n) is 7.98. The summed E-state index contributed by atoms with van der Waals surface area (Å²) in [5, 5.41) is 17.9. The van der Waals surface area contributed by atoms with Gasteiger partial charge in [-0.2, -0.15) is 5.10 Å². The number of H-pyrrole nitrogens is 1. The SMILES string of the molecule is CC(C)Cn1c2c(c3c(C(=O)O)cccc31)CCc1c[nH]nc1-2. The molecule has 0 saturated heterocycles. The Bertz CT molecular complexity index is 918. The summed E-state index contributed by atoms with van der Waals surface area (Å²) in [6.45, 7) is 5.20. The number of carboxylic acids is 1. The standard InChI is InChI=1S/C18H19N3O2/c1-10(2)9-21-14-5-3-4-13(18(22)23)15(14)12-7-6-11-8-19-20-16(11)17(12)21/h3-5,8,10H,6-7,9H2,1-2H3,(H,19,20)(H,22,23). The van der Waals surface area contributed by atoms with Crippen LogP contribution in [0.25, 0.3) is 22.3 Å². The Morgan fingerprint density at radius 2 is 2.22 bits per heavy atom. The molecule has 1 aromatic carbocycles. The zero-order valence-electron chi connectivity index (χ0n) is 13.3. The van der Waals surface area contributed by atoms with Crippen LogP contribution >= 0.6 is 0 Å². The molecule has 1 aliphatic rings. The molecular weight excluding hydrogens is 290 g/mol. The second-order valence-electron chi connectivity index (χ2n) is 6.60. The lowest BCUT2D eigenvalue weighted by Crippen LogP contribution is -2.10. The van der Waals surface area contributed by atoms with Gasteiger partial charge >= 0.3 is 5.97 Å². The Labute approximate surface area is 133 Å². The maximum atomic E-state index is 11.7. The van der Waals surface area contributed by atoms with Crippen LogP contribution in [0.15, 0.2) is 24.4 Å². The largest absolute Gasteiger partial charge is 0.478 e. The van der Waals surface area contributed by atoms with Crippen molar-refractivity contribution < 1.29 is 9.90 Å². The Hall–Kier alpha value is -2.56. The lowest BCUT2D eigenvalue weighted by Gasteiger charge is -2.17. The Morgan fingerprint density at radius 3 is 2.96 bits per heavy atom. The van der Waals surface area contributed by atoms with Crippen molar-refractivity contribution in [3.63, 3.8) is 0 Å². The van der Waals surface area contributed by atoms with Crippen LogP contribution in [0.1, 0.15) is 35.3 Å². The van der Waals surface area contributed by atoms with Gasteiger partial charge in [0.25, 0.3) is 0 Å². The predicted molar refractivity (Wildman–Crippen MR) is 88.7 cm³/mol. The number of aryl methyl sites for hydroxylation is 2. The highest BCUT2D eigenvalue weighted by atomic mass is 16.4. The maximum Gasteiger partial charge on any atom is 0.336 e. The van der Waals surface area contributed by atoms with Gasteiger partial charge in [-0.05, 0) is 42.0 Å². The van der Waals surface area contributed by atoms with Crippen LogP contribution in [0, 0.1) is 5.92 Å². The van der Waals surface area contributed by atoms with E-state index in [2.05, 4.69) is 28.6 Å². The molecule has 0 amide bonds. The number of hydrogen-bond acceptors (Lipinski definition) is 2. The molecule has 0 saturated carbocycles. The number of nitrogens with zero attached hydrogens (tertiary/aromatic N) is 2. The minimum atomic E-state index is -0.868. The highest BCUT2D eigenvalue weighted by Crippen LogP contribution is 2.40. The molecule has 3 aromatic rings. The Kier molecular flexibility index (Phi) is 3.04. The number of fused-ring (bicyclic) bond motifs is 5. The third-order valence-electron chi connectivity index (χ3n) is 4.56. The number of hydrogen-bond donors (Lipinski definition) is 2. The first kappa shape index (κ1) is 14.1. The monoisotopic (exact) mass is 309 g/mol. The molecule has 23 heavy (non-hydrogen) atoms. The highest BCUT2D eigenvalue weighted by Gasteiger charge is 2.28. The first-order valence-corrected chi connectivity index (χ1v) is 7.98. The molecule has 0 fully saturated rings. The first-order chi connectivity index (χ1) is 11.1. The van der Waals surface area contributed by atoms with Crippen LogP contribution < -0.4 is 0 Å². The van der Waals surface area contributed by atoms with Gasteiger partial charge in [0.1, 0.15) is 5.69 Å². The van der Waals surface area contributed by atoms with Gasteiger partial charge in [-0.1, -0.05) is 19.9 Å². The van der Waals surface area contributed by atoms with Gasteiger partial charge in [-0.15, -0.1) is 0 Å². The van der Waals surface area contributed by atoms with E-state index in [0.717, 1.165) is 47.2 Å². The van der Waals surface area contributed by atoms with E-state index in [1.54, 1.807) is 6.07 Å². The van der Waals surface area contributed by atoms with E-state index in [0.29, 0.717) is 11.5 Å². The molecule has 0 aliphatic heterocycles. The summed E-state index contributed by atoms with van der Waals surface area (Å²) in [6.07, 6.45) is 3.70. The number of carboxylic acid groups (broad SMARTS) is 1. The Balaban J connectivity index is 2.12. The number of aromatic amines is 1. The van der Waals surface area contributed by atoms with Crippen molar-refractivity contribution in [2.24, 2.45) is 5.92 Å². The van der Waals surface area contributed by atoms with Crippen molar-refractivity contribution >= 4 is 16.9 Å². The zero-order valence-corrected chi connectivity index (χ0v) is 13.3. The predicted octanol–water partition coefficient (Wildman–Crippen LogP) is 3.48. The fourth-order valence-electron chi connectivity index (χ4n) is 3.70. The van der Waals surface area contributed by atoms with Crippen LogP contribution in [-0.2, 0) is 19.4 Å². The van der Waals surface area contributed by atoms with E-state index in [4.69, 9.17) is 0 Å². The average Bonchev–Trinajstić information content (AvgIpc) is 3.09. The molecule has 0 spiro atoms. The summed E-state index contributed by atoms with van der Waals surface area (Å²) < 4.78 is 2.25. The smallest absolute Gasteiger partial charge is 0.336 e.